The lowest BCUT2D eigenvalue weighted by Crippen LogP contribution is -2.39. The van der Waals surface area contributed by atoms with Crippen LogP contribution in [0.25, 0.3) is 6.08 Å². The van der Waals surface area contributed by atoms with Gasteiger partial charge in [-0.05, 0) is 37.0 Å². The van der Waals surface area contributed by atoms with Gasteiger partial charge in [0, 0.05) is 18.7 Å². The van der Waals surface area contributed by atoms with Crippen LogP contribution in [0.15, 0.2) is 30.3 Å². The largest absolute Gasteiger partial charge is 0.478 e. The monoisotopic (exact) mass is 309 g/mol. The van der Waals surface area contributed by atoms with Crippen LogP contribution in [-0.4, -0.2) is 36.1 Å². The van der Waals surface area contributed by atoms with Gasteiger partial charge < -0.3 is 5.11 Å². The minimum atomic E-state index is -3.16. The molecule has 1 unspecified atom stereocenters. The van der Waals surface area contributed by atoms with Crippen molar-refractivity contribution >= 4 is 22.1 Å². The Kier molecular flexibility index (Phi) is 4.80. The van der Waals surface area contributed by atoms with Crippen LogP contribution in [0, 0.1) is 0 Å². The number of carboxylic acids is 1. The molecule has 1 heterocycles. The number of carboxylic acid groups (broad SMARTS) is 1. The average molecular weight is 309 g/mol. The van der Waals surface area contributed by atoms with Crippen molar-refractivity contribution in [2.75, 3.05) is 12.3 Å². The first-order valence-corrected chi connectivity index (χ1v) is 8.51. The summed E-state index contributed by atoms with van der Waals surface area (Å²) in [7, 11) is -3.16. The zero-order valence-electron chi connectivity index (χ0n) is 11.9. The van der Waals surface area contributed by atoms with Crippen molar-refractivity contribution in [1.82, 2.24) is 4.31 Å². The van der Waals surface area contributed by atoms with E-state index in [4.69, 9.17) is 5.11 Å². The number of hydrogen-bond acceptors (Lipinski definition) is 3. The van der Waals surface area contributed by atoms with Crippen molar-refractivity contribution in [2.24, 2.45) is 0 Å². The van der Waals surface area contributed by atoms with E-state index in [1.165, 1.54) is 6.08 Å². The van der Waals surface area contributed by atoms with Crippen LogP contribution < -0.4 is 0 Å². The molecule has 1 aliphatic rings. The second-order valence-corrected chi connectivity index (χ2v) is 7.19. The van der Waals surface area contributed by atoms with Crippen molar-refractivity contribution < 1.29 is 18.3 Å². The lowest BCUT2D eigenvalue weighted by Gasteiger charge is -2.31. The maximum atomic E-state index is 12.1. The highest BCUT2D eigenvalue weighted by molar-refractivity contribution is 7.89. The Balaban J connectivity index is 2.16. The standard InChI is InChI=1S/C15H19NO4S/c1-12(16-10-2-3-11-21(16,19)20)14-7-4-13(5-8-14)6-9-15(17)18/h4-9,12H,2-3,10-11H2,1H3,(H,17,18)/b9-6+. The zero-order chi connectivity index (χ0) is 15.5. The first-order chi connectivity index (χ1) is 9.90. The summed E-state index contributed by atoms with van der Waals surface area (Å²) in [5.74, 6) is -0.775. The molecule has 0 spiro atoms. The lowest BCUT2D eigenvalue weighted by atomic mass is 10.1. The third kappa shape index (κ3) is 3.92. The van der Waals surface area contributed by atoms with Crippen molar-refractivity contribution in [3.63, 3.8) is 0 Å². The third-order valence-electron chi connectivity index (χ3n) is 3.66. The lowest BCUT2D eigenvalue weighted by molar-refractivity contribution is -0.131. The second kappa shape index (κ2) is 6.41. The maximum absolute atomic E-state index is 12.1. The summed E-state index contributed by atoms with van der Waals surface area (Å²) in [6.07, 6.45) is 4.20. The highest BCUT2D eigenvalue weighted by atomic mass is 32.2. The molecule has 21 heavy (non-hydrogen) atoms. The SMILES string of the molecule is CC(c1ccc(/C=C/C(=O)O)cc1)N1CCCCS1(=O)=O. The van der Waals surface area contributed by atoms with E-state index in [9.17, 15) is 13.2 Å². The Bertz CT molecular complexity index is 634. The van der Waals surface area contributed by atoms with Gasteiger partial charge in [-0.15, -0.1) is 0 Å². The van der Waals surface area contributed by atoms with Crippen LogP contribution in [0.3, 0.4) is 0 Å². The summed E-state index contributed by atoms with van der Waals surface area (Å²) < 4.78 is 25.7. The summed E-state index contributed by atoms with van der Waals surface area (Å²) in [4.78, 5) is 10.5. The molecular formula is C15H19NO4S. The van der Waals surface area contributed by atoms with Crippen LogP contribution >= 0.6 is 0 Å². The van der Waals surface area contributed by atoms with Crippen molar-refractivity contribution in [1.29, 1.82) is 0 Å². The van der Waals surface area contributed by atoms with Crippen molar-refractivity contribution in [3.05, 3.63) is 41.5 Å². The van der Waals surface area contributed by atoms with Gasteiger partial charge in [-0.25, -0.2) is 13.2 Å². The van der Waals surface area contributed by atoms with E-state index in [-0.39, 0.29) is 11.8 Å². The molecule has 1 fully saturated rings. The van der Waals surface area contributed by atoms with E-state index in [1.54, 1.807) is 16.4 Å². The summed E-state index contributed by atoms with van der Waals surface area (Å²) in [5, 5.41) is 8.59. The van der Waals surface area contributed by atoms with Gasteiger partial charge in [-0.3, -0.25) is 0 Å². The first-order valence-electron chi connectivity index (χ1n) is 6.90. The van der Waals surface area contributed by atoms with Gasteiger partial charge in [0.15, 0.2) is 0 Å². The van der Waals surface area contributed by atoms with E-state index in [1.807, 2.05) is 19.1 Å². The van der Waals surface area contributed by atoms with Crippen LogP contribution in [0.4, 0.5) is 0 Å². The van der Waals surface area contributed by atoms with E-state index in [0.717, 1.165) is 30.0 Å². The Labute approximate surface area is 124 Å². The third-order valence-corrected chi connectivity index (χ3v) is 5.68. The molecule has 1 aromatic rings. The Morgan fingerprint density at radius 2 is 1.95 bits per heavy atom. The molecule has 114 valence electrons. The van der Waals surface area contributed by atoms with Gasteiger partial charge in [0.1, 0.15) is 0 Å². The average Bonchev–Trinajstić information content (AvgIpc) is 2.44. The van der Waals surface area contributed by atoms with Crippen LogP contribution in [0.1, 0.15) is 36.9 Å². The van der Waals surface area contributed by atoms with Crippen LogP contribution in [0.2, 0.25) is 0 Å². The van der Waals surface area contributed by atoms with E-state index < -0.39 is 16.0 Å². The van der Waals surface area contributed by atoms with Crippen molar-refractivity contribution in [3.8, 4) is 0 Å². The molecule has 6 heteroatoms. The minimum Gasteiger partial charge on any atom is -0.478 e. The molecule has 0 aliphatic carbocycles. The Morgan fingerprint density at radius 1 is 1.29 bits per heavy atom. The number of nitrogens with zero attached hydrogens (tertiary/aromatic N) is 1. The molecular weight excluding hydrogens is 290 g/mol. The number of aliphatic carboxylic acids is 1. The molecule has 1 aliphatic heterocycles. The fraction of sp³-hybridized carbons (Fsp3) is 0.400. The van der Waals surface area contributed by atoms with Crippen LogP contribution in [-0.2, 0) is 14.8 Å². The molecule has 0 radical (unpaired) electrons. The van der Waals surface area contributed by atoms with Crippen LogP contribution in [0.5, 0.6) is 0 Å². The molecule has 0 saturated carbocycles. The Hall–Kier alpha value is -1.66. The van der Waals surface area contributed by atoms with E-state index in [2.05, 4.69) is 0 Å². The second-order valence-electron chi connectivity index (χ2n) is 5.15. The number of hydrogen-bond donors (Lipinski definition) is 1. The fourth-order valence-corrected chi connectivity index (χ4v) is 4.28. The van der Waals surface area contributed by atoms with Gasteiger partial charge in [0.25, 0.3) is 0 Å². The fourth-order valence-electron chi connectivity index (χ4n) is 2.46. The molecule has 5 nitrogen and oxygen atoms in total. The molecule has 1 atom stereocenters. The normalized spacial score (nSPS) is 20.4. The minimum absolute atomic E-state index is 0.201. The highest BCUT2D eigenvalue weighted by Gasteiger charge is 2.30. The smallest absolute Gasteiger partial charge is 0.328 e. The van der Waals surface area contributed by atoms with Gasteiger partial charge in [0.2, 0.25) is 10.0 Å². The van der Waals surface area contributed by atoms with Gasteiger partial charge >= 0.3 is 5.97 Å². The van der Waals surface area contributed by atoms with E-state index in [0.29, 0.717) is 6.54 Å². The summed E-state index contributed by atoms with van der Waals surface area (Å²) in [6, 6.07) is 7.07. The maximum Gasteiger partial charge on any atom is 0.328 e. The van der Waals surface area contributed by atoms with Gasteiger partial charge in [-0.1, -0.05) is 24.3 Å². The van der Waals surface area contributed by atoms with Crippen molar-refractivity contribution in [2.45, 2.75) is 25.8 Å². The first kappa shape index (κ1) is 15.7. The highest BCUT2D eigenvalue weighted by Crippen LogP contribution is 2.27. The predicted octanol–water partition coefficient (Wildman–Crippen LogP) is 2.27. The van der Waals surface area contributed by atoms with E-state index >= 15 is 0 Å². The zero-order valence-corrected chi connectivity index (χ0v) is 12.7. The summed E-state index contributed by atoms with van der Waals surface area (Å²) >= 11 is 0. The molecule has 1 saturated heterocycles. The molecule has 1 N–H and O–H groups in total. The van der Waals surface area contributed by atoms with Gasteiger partial charge in [-0.2, -0.15) is 4.31 Å². The van der Waals surface area contributed by atoms with Gasteiger partial charge in [0.05, 0.1) is 5.75 Å². The number of carbonyl (C=O) groups is 1. The topological polar surface area (TPSA) is 74.7 Å². The number of benzene rings is 1. The molecule has 0 amide bonds. The number of rotatable bonds is 4. The molecule has 2 rings (SSSR count). The quantitative estimate of drug-likeness (QED) is 0.866. The Morgan fingerprint density at radius 3 is 2.52 bits per heavy atom. The predicted molar refractivity (Wildman–Crippen MR) is 81.3 cm³/mol. The molecule has 0 aromatic heterocycles. The molecule has 1 aromatic carbocycles. The number of sulfonamides is 1. The summed E-state index contributed by atoms with van der Waals surface area (Å²) in [6.45, 7) is 2.44. The summed E-state index contributed by atoms with van der Waals surface area (Å²) in [5.41, 5.74) is 1.68. The molecule has 0 bridgehead atoms.